The molecular weight excluding hydrogens is 240 g/mol. The van der Waals surface area contributed by atoms with Crippen molar-refractivity contribution in [2.24, 2.45) is 0 Å². The molecule has 1 aliphatic heterocycles. The molecule has 1 aliphatic rings. The topological polar surface area (TPSA) is 57.3 Å². The Labute approximate surface area is 114 Å². The summed E-state index contributed by atoms with van der Waals surface area (Å²) in [5, 5.41) is 5.04. The standard InChI is InChI=1S/C14H22N4O/c1-10-5-4-6-11(2)18(10)17-14(19)13-8-7-12(15-3)9-16-13/h7-11,15H,4-6H2,1-3H3,(H,17,19). The first kappa shape index (κ1) is 13.8. The quantitative estimate of drug-likeness (QED) is 0.875. The first-order chi connectivity index (χ1) is 9.11. The zero-order chi connectivity index (χ0) is 13.8. The van der Waals surface area contributed by atoms with Gasteiger partial charge in [0.25, 0.3) is 5.91 Å². The molecule has 2 rings (SSSR count). The number of aromatic nitrogens is 1. The van der Waals surface area contributed by atoms with Gasteiger partial charge in [-0.2, -0.15) is 0 Å². The van der Waals surface area contributed by atoms with Crippen LogP contribution in [0.1, 0.15) is 43.6 Å². The van der Waals surface area contributed by atoms with Crippen LogP contribution in [0.2, 0.25) is 0 Å². The first-order valence-electron chi connectivity index (χ1n) is 6.85. The van der Waals surface area contributed by atoms with Crippen LogP contribution in [0.4, 0.5) is 5.69 Å². The van der Waals surface area contributed by atoms with Crippen molar-refractivity contribution in [2.75, 3.05) is 12.4 Å². The lowest BCUT2D eigenvalue weighted by Crippen LogP contribution is -2.54. The summed E-state index contributed by atoms with van der Waals surface area (Å²) >= 11 is 0. The summed E-state index contributed by atoms with van der Waals surface area (Å²) in [5.41, 5.74) is 4.33. The summed E-state index contributed by atoms with van der Waals surface area (Å²) in [6.45, 7) is 4.29. The van der Waals surface area contributed by atoms with Crippen LogP contribution >= 0.6 is 0 Å². The van der Waals surface area contributed by atoms with E-state index in [1.165, 1.54) is 6.42 Å². The number of anilines is 1. The molecule has 0 spiro atoms. The van der Waals surface area contributed by atoms with Crippen LogP contribution in [0, 0.1) is 0 Å². The molecule has 2 N–H and O–H groups in total. The van der Waals surface area contributed by atoms with E-state index < -0.39 is 0 Å². The molecule has 0 radical (unpaired) electrons. The van der Waals surface area contributed by atoms with Gasteiger partial charge in [-0.3, -0.25) is 10.2 Å². The minimum atomic E-state index is -0.136. The molecule has 1 aromatic heterocycles. The maximum Gasteiger partial charge on any atom is 0.284 e. The summed E-state index contributed by atoms with van der Waals surface area (Å²) in [6, 6.07) is 4.35. The predicted octanol–water partition coefficient (Wildman–Crippen LogP) is 2.03. The van der Waals surface area contributed by atoms with Gasteiger partial charge in [0.2, 0.25) is 0 Å². The molecule has 5 nitrogen and oxygen atoms in total. The highest BCUT2D eigenvalue weighted by Gasteiger charge is 2.26. The van der Waals surface area contributed by atoms with Gasteiger partial charge in [0.1, 0.15) is 5.69 Å². The average molecular weight is 262 g/mol. The van der Waals surface area contributed by atoms with Crippen molar-refractivity contribution in [1.82, 2.24) is 15.4 Å². The number of hydrogen-bond acceptors (Lipinski definition) is 4. The Morgan fingerprint density at radius 3 is 2.53 bits per heavy atom. The Kier molecular flexibility index (Phi) is 4.37. The highest BCUT2D eigenvalue weighted by atomic mass is 16.2. The Morgan fingerprint density at radius 2 is 2.00 bits per heavy atom. The van der Waals surface area contributed by atoms with Crippen LogP contribution in [-0.4, -0.2) is 35.0 Å². The van der Waals surface area contributed by atoms with Gasteiger partial charge in [0, 0.05) is 19.1 Å². The van der Waals surface area contributed by atoms with Gasteiger partial charge in [0.15, 0.2) is 0 Å². The van der Waals surface area contributed by atoms with E-state index in [4.69, 9.17) is 0 Å². The third-order valence-corrected chi connectivity index (χ3v) is 3.71. The van der Waals surface area contributed by atoms with Gasteiger partial charge in [0.05, 0.1) is 11.9 Å². The number of hydrogen-bond donors (Lipinski definition) is 2. The van der Waals surface area contributed by atoms with Crippen molar-refractivity contribution < 1.29 is 4.79 Å². The molecule has 2 heterocycles. The first-order valence-corrected chi connectivity index (χ1v) is 6.85. The van der Waals surface area contributed by atoms with Gasteiger partial charge >= 0.3 is 0 Å². The molecule has 2 atom stereocenters. The van der Waals surface area contributed by atoms with E-state index in [2.05, 4.69) is 34.6 Å². The second-order valence-electron chi connectivity index (χ2n) is 5.16. The number of rotatable bonds is 3. The lowest BCUT2D eigenvalue weighted by molar-refractivity contribution is 0.0366. The smallest absolute Gasteiger partial charge is 0.284 e. The van der Waals surface area contributed by atoms with E-state index in [-0.39, 0.29) is 5.91 Å². The van der Waals surface area contributed by atoms with Crippen LogP contribution in [0.25, 0.3) is 0 Å². The zero-order valence-corrected chi connectivity index (χ0v) is 11.8. The maximum atomic E-state index is 12.2. The third-order valence-electron chi connectivity index (χ3n) is 3.71. The fourth-order valence-corrected chi connectivity index (χ4v) is 2.49. The van der Waals surface area contributed by atoms with Crippen LogP contribution in [0.3, 0.4) is 0 Å². The largest absolute Gasteiger partial charge is 0.387 e. The highest BCUT2D eigenvalue weighted by Crippen LogP contribution is 2.20. The molecule has 1 aromatic rings. The Morgan fingerprint density at radius 1 is 1.32 bits per heavy atom. The Bertz CT molecular complexity index is 422. The van der Waals surface area contributed by atoms with Crippen molar-refractivity contribution in [3.8, 4) is 0 Å². The van der Waals surface area contributed by atoms with Crippen LogP contribution in [-0.2, 0) is 0 Å². The average Bonchev–Trinajstić information content (AvgIpc) is 2.43. The summed E-state index contributed by atoms with van der Waals surface area (Å²) in [4.78, 5) is 16.3. The molecule has 0 aromatic carbocycles. The second-order valence-corrected chi connectivity index (χ2v) is 5.16. The molecule has 1 fully saturated rings. The number of carbonyl (C=O) groups excluding carboxylic acids is 1. The summed E-state index contributed by atoms with van der Waals surface area (Å²) in [5.74, 6) is -0.136. The van der Waals surface area contributed by atoms with Crippen molar-refractivity contribution in [2.45, 2.75) is 45.2 Å². The number of nitrogens with one attached hydrogen (secondary N) is 2. The molecule has 104 valence electrons. The van der Waals surface area contributed by atoms with E-state index in [9.17, 15) is 4.79 Å². The van der Waals surface area contributed by atoms with Crippen molar-refractivity contribution in [3.63, 3.8) is 0 Å². The molecule has 0 aliphatic carbocycles. The lowest BCUT2D eigenvalue weighted by atomic mass is 10.00. The van der Waals surface area contributed by atoms with Gasteiger partial charge in [-0.1, -0.05) is 6.42 Å². The van der Waals surface area contributed by atoms with Crippen LogP contribution in [0.15, 0.2) is 18.3 Å². The Hall–Kier alpha value is -1.62. The fourth-order valence-electron chi connectivity index (χ4n) is 2.49. The van der Waals surface area contributed by atoms with Crippen molar-refractivity contribution in [1.29, 1.82) is 0 Å². The van der Waals surface area contributed by atoms with E-state index in [1.807, 2.05) is 13.1 Å². The van der Waals surface area contributed by atoms with E-state index in [1.54, 1.807) is 12.3 Å². The molecule has 2 unspecified atom stereocenters. The summed E-state index contributed by atoms with van der Waals surface area (Å²) in [6.07, 6.45) is 5.13. The fraction of sp³-hybridized carbons (Fsp3) is 0.571. The van der Waals surface area contributed by atoms with Crippen molar-refractivity contribution >= 4 is 11.6 Å². The predicted molar refractivity (Wildman–Crippen MR) is 75.9 cm³/mol. The Balaban J connectivity index is 2.02. The molecule has 1 amide bonds. The maximum absolute atomic E-state index is 12.2. The molecule has 0 bridgehead atoms. The minimum Gasteiger partial charge on any atom is -0.387 e. The second kappa shape index (κ2) is 6.02. The monoisotopic (exact) mass is 262 g/mol. The van der Waals surface area contributed by atoms with Gasteiger partial charge in [-0.05, 0) is 38.8 Å². The van der Waals surface area contributed by atoms with E-state index >= 15 is 0 Å². The van der Waals surface area contributed by atoms with E-state index in [0.717, 1.165) is 18.5 Å². The zero-order valence-electron chi connectivity index (χ0n) is 11.8. The molecular formula is C14H22N4O. The third kappa shape index (κ3) is 3.23. The van der Waals surface area contributed by atoms with E-state index in [0.29, 0.717) is 17.8 Å². The molecule has 0 saturated carbocycles. The van der Waals surface area contributed by atoms with Gasteiger partial charge in [-0.15, -0.1) is 0 Å². The number of pyridine rings is 1. The van der Waals surface area contributed by atoms with Crippen LogP contribution in [0.5, 0.6) is 0 Å². The number of amides is 1. The molecule has 5 heteroatoms. The summed E-state index contributed by atoms with van der Waals surface area (Å²) in [7, 11) is 1.83. The normalized spacial score (nSPS) is 23.9. The van der Waals surface area contributed by atoms with Gasteiger partial charge < -0.3 is 5.32 Å². The molecule has 1 saturated heterocycles. The van der Waals surface area contributed by atoms with Crippen molar-refractivity contribution in [3.05, 3.63) is 24.0 Å². The SMILES string of the molecule is CNc1ccc(C(=O)NN2C(C)CCCC2C)nc1. The number of hydrazine groups is 1. The molecule has 19 heavy (non-hydrogen) atoms. The van der Waals surface area contributed by atoms with Gasteiger partial charge in [-0.25, -0.2) is 9.99 Å². The minimum absolute atomic E-state index is 0.136. The van der Waals surface area contributed by atoms with Crippen LogP contribution < -0.4 is 10.7 Å². The lowest BCUT2D eigenvalue weighted by Gasteiger charge is -2.38. The highest BCUT2D eigenvalue weighted by molar-refractivity contribution is 5.92. The number of carbonyl (C=O) groups is 1. The number of piperidine rings is 1. The number of nitrogens with zero attached hydrogens (tertiary/aromatic N) is 2. The summed E-state index contributed by atoms with van der Waals surface area (Å²) < 4.78 is 0.